The van der Waals surface area contributed by atoms with Crippen molar-refractivity contribution >= 4 is 22.8 Å². The fourth-order valence-electron chi connectivity index (χ4n) is 2.20. The Hall–Kier alpha value is -2.08. The van der Waals surface area contributed by atoms with Gasteiger partial charge >= 0.3 is 0 Å². The molecule has 6 nitrogen and oxygen atoms in total. The molecule has 0 aliphatic rings. The number of halogens is 1. The van der Waals surface area contributed by atoms with Crippen molar-refractivity contribution in [2.45, 2.75) is 19.9 Å². The molecule has 0 N–H and O–H groups in total. The van der Waals surface area contributed by atoms with Crippen molar-refractivity contribution in [1.82, 2.24) is 19.1 Å². The minimum Gasteiger partial charge on any atom is -0.461 e. The SMILES string of the molecule is CCCn1c(Cl)nc2nc(-c3ccco3)n(C)c2c1=O. The number of nitrogens with zero attached hydrogens (tertiary/aromatic N) is 4. The van der Waals surface area contributed by atoms with Crippen LogP contribution in [-0.4, -0.2) is 19.1 Å². The Balaban J connectivity index is 2.33. The van der Waals surface area contributed by atoms with Gasteiger partial charge in [-0.15, -0.1) is 0 Å². The van der Waals surface area contributed by atoms with Crippen LogP contribution in [0.3, 0.4) is 0 Å². The molecule has 0 aliphatic heterocycles. The summed E-state index contributed by atoms with van der Waals surface area (Å²) in [5.41, 5.74) is 0.574. The number of fused-ring (bicyclic) bond motifs is 1. The first kappa shape index (κ1) is 12.9. The highest BCUT2D eigenvalue weighted by Crippen LogP contribution is 2.22. The summed E-state index contributed by atoms with van der Waals surface area (Å²) < 4.78 is 8.47. The highest BCUT2D eigenvalue weighted by molar-refractivity contribution is 6.28. The third-order valence-electron chi connectivity index (χ3n) is 3.13. The van der Waals surface area contributed by atoms with E-state index in [-0.39, 0.29) is 10.8 Å². The maximum Gasteiger partial charge on any atom is 0.280 e. The highest BCUT2D eigenvalue weighted by atomic mass is 35.5. The molecule has 0 atom stereocenters. The molecular weight excluding hydrogens is 280 g/mol. The zero-order valence-electron chi connectivity index (χ0n) is 11.1. The molecule has 0 unspecified atom stereocenters. The molecule has 20 heavy (non-hydrogen) atoms. The van der Waals surface area contributed by atoms with Gasteiger partial charge in [-0.05, 0) is 30.2 Å². The number of rotatable bonds is 3. The van der Waals surface area contributed by atoms with E-state index in [1.54, 1.807) is 30.0 Å². The number of aromatic nitrogens is 4. The number of aryl methyl sites for hydroxylation is 1. The van der Waals surface area contributed by atoms with Crippen LogP contribution in [0, 0.1) is 0 Å². The number of hydrogen-bond donors (Lipinski definition) is 0. The highest BCUT2D eigenvalue weighted by Gasteiger charge is 2.18. The average molecular weight is 293 g/mol. The predicted octanol–water partition coefficient (Wildman–Crippen LogP) is 2.45. The van der Waals surface area contributed by atoms with Crippen molar-refractivity contribution in [1.29, 1.82) is 0 Å². The molecule has 3 heterocycles. The Labute approximate surface area is 119 Å². The molecule has 0 spiro atoms. The van der Waals surface area contributed by atoms with E-state index in [1.165, 1.54) is 4.57 Å². The van der Waals surface area contributed by atoms with Gasteiger partial charge < -0.3 is 8.98 Å². The van der Waals surface area contributed by atoms with Crippen LogP contribution >= 0.6 is 11.6 Å². The predicted molar refractivity (Wildman–Crippen MR) is 75.8 cm³/mol. The van der Waals surface area contributed by atoms with Crippen molar-refractivity contribution in [3.05, 3.63) is 34.0 Å². The molecule has 0 radical (unpaired) electrons. The Bertz CT molecular complexity index is 817. The monoisotopic (exact) mass is 292 g/mol. The van der Waals surface area contributed by atoms with Gasteiger partial charge in [0, 0.05) is 13.6 Å². The molecule has 0 aliphatic carbocycles. The summed E-state index contributed by atoms with van der Waals surface area (Å²) in [6.45, 7) is 2.51. The molecule has 104 valence electrons. The van der Waals surface area contributed by atoms with Crippen molar-refractivity contribution in [3.8, 4) is 11.6 Å². The molecule has 7 heteroatoms. The van der Waals surface area contributed by atoms with Gasteiger partial charge in [-0.3, -0.25) is 9.36 Å². The largest absolute Gasteiger partial charge is 0.461 e. The van der Waals surface area contributed by atoms with E-state index < -0.39 is 0 Å². The van der Waals surface area contributed by atoms with Crippen molar-refractivity contribution in [2.75, 3.05) is 0 Å². The molecule has 0 saturated heterocycles. The summed E-state index contributed by atoms with van der Waals surface area (Å²) in [6.07, 6.45) is 2.36. The second-order valence-corrected chi connectivity index (χ2v) is 4.82. The minimum absolute atomic E-state index is 0.161. The Kier molecular flexibility index (Phi) is 3.10. The van der Waals surface area contributed by atoms with Crippen LogP contribution in [0.1, 0.15) is 13.3 Å². The van der Waals surface area contributed by atoms with Crippen LogP contribution in [0.25, 0.3) is 22.7 Å². The van der Waals surface area contributed by atoms with Gasteiger partial charge in [0.15, 0.2) is 22.7 Å². The first-order valence-corrected chi connectivity index (χ1v) is 6.68. The van der Waals surface area contributed by atoms with Gasteiger partial charge in [-0.2, -0.15) is 4.98 Å². The lowest BCUT2D eigenvalue weighted by Gasteiger charge is -2.06. The smallest absolute Gasteiger partial charge is 0.280 e. The topological polar surface area (TPSA) is 65.8 Å². The molecule has 3 rings (SSSR count). The minimum atomic E-state index is -0.186. The van der Waals surface area contributed by atoms with E-state index in [0.717, 1.165) is 6.42 Å². The zero-order chi connectivity index (χ0) is 14.3. The summed E-state index contributed by atoms with van der Waals surface area (Å²) >= 11 is 6.05. The van der Waals surface area contributed by atoms with Gasteiger partial charge in [0.05, 0.1) is 6.26 Å². The second-order valence-electron chi connectivity index (χ2n) is 4.48. The lowest BCUT2D eigenvalue weighted by molar-refractivity contribution is 0.574. The molecule has 0 aromatic carbocycles. The molecule has 0 bridgehead atoms. The number of furan rings is 1. The third kappa shape index (κ3) is 1.84. The Morgan fingerprint density at radius 3 is 2.85 bits per heavy atom. The Morgan fingerprint density at radius 2 is 2.20 bits per heavy atom. The summed E-state index contributed by atoms with van der Waals surface area (Å²) in [6, 6.07) is 3.55. The molecule has 3 aromatic heterocycles. The van der Waals surface area contributed by atoms with Gasteiger partial charge in [0.1, 0.15) is 0 Å². The van der Waals surface area contributed by atoms with Gasteiger partial charge in [-0.25, -0.2) is 4.98 Å². The summed E-state index contributed by atoms with van der Waals surface area (Å²) in [5, 5.41) is 0.161. The lowest BCUT2D eigenvalue weighted by Crippen LogP contribution is -2.23. The van der Waals surface area contributed by atoms with E-state index in [0.29, 0.717) is 29.3 Å². The van der Waals surface area contributed by atoms with Crippen molar-refractivity contribution < 1.29 is 4.42 Å². The fraction of sp³-hybridized carbons (Fsp3) is 0.308. The van der Waals surface area contributed by atoms with Crippen molar-refractivity contribution in [2.24, 2.45) is 7.05 Å². The van der Waals surface area contributed by atoms with Crippen LogP contribution < -0.4 is 5.56 Å². The average Bonchev–Trinajstić information content (AvgIpc) is 3.02. The van der Waals surface area contributed by atoms with E-state index in [4.69, 9.17) is 16.0 Å². The summed E-state index contributed by atoms with van der Waals surface area (Å²) in [7, 11) is 1.76. The van der Waals surface area contributed by atoms with Crippen LogP contribution in [0.5, 0.6) is 0 Å². The van der Waals surface area contributed by atoms with Crippen LogP contribution in [0.2, 0.25) is 5.28 Å². The molecule has 0 fully saturated rings. The van der Waals surface area contributed by atoms with E-state index in [2.05, 4.69) is 9.97 Å². The molecule has 3 aromatic rings. The Morgan fingerprint density at radius 1 is 1.40 bits per heavy atom. The zero-order valence-corrected chi connectivity index (χ0v) is 11.9. The van der Waals surface area contributed by atoms with Crippen LogP contribution in [-0.2, 0) is 13.6 Å². The van der Waals surface area contributed by atoms with Crippen LogP contribution in [0.4, 0.5) is 0 Å². The maximum absolute atomic E-state index is 12.5. The molecule has 0 amide bonds. The van der Waals surface area contributed by atoms with Crippen molar-refractivity contribution in [3.63, 3.8) is 0 Å². The lowest BCUT2D eigenvalue weighted by atomic mass is 10.4. The fourth-order valence-corrected chi connectivity index (χ4v) is 2.45. The molecule has 0 saturated carbocycles. The van der Waals surface area contributed by atoms with Gasteiger partial charge in [-0.1, -0.05) is 6.92 Å². The number of hydrogen-bond acceptors (Lipinski definition) is 4. The molecular formula is C13H13ClN4O2. The summed E-state index contributed by atoms with van der Waals surface area (Å²) in [5.74, 6) is 1.14. The first-order chi connectivity index (χ1) is 9.63. The summed E-state index contributed by atoms with van der Waals surface area (Å²) in [4.78, 5) is 21.0. The number of imidazole rings is 1. The first-order valence-electron chi connectivity index (χ1n) is 6.30. The third-order valence-corrected chi connectivity index (χ3v) is 3.42. The van der Waals surface area contributed by atoms with E-state index >= 15 is 0 Å². The van der Waals surface area contributed by atoms with Gasteiger partial charge in [0.25, 0.3) is 5.56 Å². The van der Waals surface area contributed by atoms with E-state index in [9.17, 15) is 4.79 Å². The van der Waals surface area contributed by atoms with Crippen LogP contribution in [0.15, 0.2) is 27.6 Å². The second kappa shape index (κ2) is 4.79. The standard InChI is InChI=1S/C13H13ClN4O2/c1-3-6-18-12(19)9-10(16-13(18)14)15-11(17(9)2)8-5-4-7-20-8/h4-5,7H,3,6H2,1-2H3. The quantitative estimate of drug-likeness (QED) is 0.696. The normalized spacial score (nSPS) is 11.3. The van der Waals surface area contributed by atoms with E-state index in [1.807, 2.05) is 6.92 Å². The van der Waals surface area contributed by atoms with Gasteiger partial charge in [0.2, 0.25) is 5.28 Å². The maximum atomic E-state index is 12.5.